The number of sulfone groups is 1. The molecule has 4 aromatic rings. The Kier molecular flexibility index (Phi) is 5.79. The SMILES string of the molecule is Cl.O=S(=O)(c1ccccc1)c1ccc(Nc2ncnc3cnc(Cl)cc23)cc1. The van der Waals surface area contributed by atoms with E-state index in [0.717, 1.165) is 5.39 Å². The Morgan fingerprint density at radius 3 is 2.25 bits per heavy atom. The monoisotopic (exact) mass is 432 g/mol. The molecule has 9 heteroatoms. The van der Waals surface area contributed by atoms with Gasteiger partial charge in [0.05, 0.1) is 21.5 Å². The van der Waals surface area contributed by atoms with E-state index in [-0.39, 0.29) is 22.2 Å². The normalized spacial score (nSPS) is 11.0. The van der Waals surface area contributed by atoms with Crippen LogP contribution in [0.1, 0.15) is 0 Å². The number of nitrogens with one attached hydrogen (secondary N) is 1. The molecule has 0 saturated carbocycles. The van der Waals surface area contributed by atoms with Gasteiger partial charge in [-0.2, -0.15) is 0 Å². The summed E-state index contributed by atoms with van der Waals surface area (Å²) in [5.74, 6) is 0.558. The van der Waals surface area contributed by atoms with Crippen molar-refractivity contribution in [3.05, 3.63) is 78.3 Å². The fourth-order valence-electron chi connectivity index (χ4n) is 2.62. The average Bonchev–Trinajstić information content (AvgIpc) is 2.69. The van der Waals surface area contributed by atoms with Crippen molar-refractivity contribution in [2.75, 3.05) is 5.32 Å². The maximum atomic E-state index is 12.7. The van der Waals surface area contributed by atoms with Crippen LogP contribution in [0.3, 0.4) is 0 Å². The fraction of sp³-hybridized carbons (Fsp3) is 0. The van der Waals surface area contributed by atoms with E-state index in [1.54, 1.807) is 66.9 Å². The third-order valence-corrected chi connectivity index (χ3v) is 5.96. The lowest BCUT2D eigenvalue weighted by Gasteiger charge is -2.09. The van der Waals surface area contributed by atoms with Gasteiger partial charge in [0, 0.05) is 11.1 Å². The molecular weight excluding hydrogens is 419 g/mol. The quantitative estimate of drug-likeness (QED) is 0.471. The standard InChI is InChI=1S/C19H13ClN4O2S.ClH/c20-18-10-16-17(11-21-18)22-12-23-19(16)24-13-6-8-15(9-7-13)27(25,26)14-4-2-1-3-5-14;/h1-12H,(H,22,23,24);1H. The molecule has 0 amide bonds. The van der Waals surface area contributed by atoms with Gasteiger partial charge < -0.3 is 5.32 Å². The van der Waals surface area contributed by atoms with Crippen LogP contribution < -0.4 is 5.32 Å². The number of hydrogen-bond donors (Lipinski definition) is 1. The first-order valence-corrected chi connectivity index (χ1v) is 9.84. The number of halogens is 2. The third kappa shape index (κ3) is 3.91. The van der Waals surface area contributed by atoms with Gasteiger partial charge in [0.15, 0.2) is 0 Å². The Bertz CT molecular complexity index is 1220. The van der Waals surface area contributed by atoms with E-state index in [0.29, 0.717) is 22.2 Å². The molecule has 6 nitrogen and oxygen atoms in total. The van der Waals surface area contributed by atoms with Crippen LogP contribution in [-0.2, 0) is 9.84 Å². The second-order valence-electron chi connectivity index (χ2n) is 5.71. The minimum atomic E-state index is -3.55. The summed E-state index contributed by atoms with van der Waals surface area (Å²) in [6.45, 7) is 0. The number of aromatic nitrogens is 3. The summed E-state index contributed by atoms with van der Waals surface area (Å²) in [4.78, 5) is 12.9. The van der Waals surface area contributed by atoms with Crippen molar-refractivity contribution in [3.8, 4) is 0 Å². The fourth-order valence-corrected chi connectivity index (χ4v) is 4.06. The lowest BCUT2D eigenvalue weighted by Crippen LogP contribution is -2.02. The molecule has 0 aliphatic rings. The number of anilines is 2. The minimum absolute atomic E-state index is 0. The Morgan fingerprint density at radius 2 is 1.54 bits per heavy atom. The Balaban J connectivity index is 0.00000225. The van der Waals surface area contributed by atoms with Crippen molar-refractivity contribution in [1.29, 1.82) is 0 Å². The highest BCUT2D eigenvalue weighted by Crippen LogP contribution is 2.26. The van der Waals surface area contributed by atoms with E-state index >= 15 is 0 Å². The topological polar surface area (TPSA) is 84.8 Å². The van der Waals surface area contributed by atoms with Crippen molar-refractivity contribution in [2.45, 2.75) is 9.79 Å². The number of pyridine rings is 1. The second-order valence-corrected chi connectivity index (χ2v) is 8.05. The van der Waals surface area contributed by atoms with E-state index in [2.05, 4.69) is 20.3 Å². The van der Waals surface area contributed by atoms with Crippen LogP contribution in [0.15, 0.2) is 83.0 Å². The van der Waals surface area contributed by atoms with Crippen LogP contribution >= 0.6 is 24.0 Å². The molecule has 2 heterocycles. The summed E-state index contributed by atoms with van der Waals surface area (Å²) in [7, 11) is -3.55. The summed E-state index contributed by atoms with van der Waals surface area (Å²) in [6, 6.07) is 16.5. The Hall–Kier alpha value is -2.74. The molecule has 2 aromatic heterocycles. The molecule has 0 aliphatic heterocycles. The van der Waals surface area contributed by atoms with E-state index in [4.69, 9.17) is 11.6 Å². The summed E-state index contributed by atoms with van der Waals surface area (Å²) < 4.78 is 25.3. The predicted molar refractivity (Wildman–Crippen MR) is 111 cm³/mol. The van der Waals surface area contributed by atoms with Gasteiger partial charge in [0.2, 0.25) is 9.84 Å². The Morgan fingerprint density at radius 1 is 0.857 bits per heavy atom. The number of nitrogens with zero attached hydrogens (tertiary/aromatic N) is 3. The van der Waals surface area contributed by atoms with E-state index in [1.165, 1.54) is 6.33 Å². The summed E-state index contributed by atoms with van der Waals surface area (Å²) in [5.41, 5.74) is 1.34. The molecule has 0 radical (unpaired) electrons. The van der Waals surface area contributed by atoms with Crippen LogP contribution in [-0.4, -0.2) is 23.4 Å². The molecule has 0 saturated heterocycles. The highest BCUT2D eigenvalue weighted by atomic mass is 35.5. The van der Waals surface area contributed by atoms with Crippen LogP contribution in [0.25, 0.3) is 10.9 Å². The smallest absolute Gasteiger partial charge is 0.206 e. The molecule has 0 spiro atoms. The van der Waals surface area contributed by atoms with Crippen LogP contribution in [0.5, 0.6) is 0 Å². The number of benzene rings is 2. The molecule has 0 bridgehead atoms. The molecule has 4 rings (SSSR count). The molecule has 0 fully saturated rings. The summed E-state index contributed by atoms with van der Waals surface area (Å²) in [5, 5.41) is 4.22. The average molecular weight is 433 g/mol. The highest BCUT2D eigenvalue weighted by Gasteiger charge is 2.17. The Labute approximate surface area is 173 Å². The molecule has 0 unspecified atom stereocenters. The van der Waals surface area contributed by atoms with E-state index < -0.39 is 9.84 Å². The maximum absolute atomic E-state index is 12.7. The van der Waals surface area contributed by atoms with Crippen LogP contribution in [0.4, 0.5) is 11.5 Å². The van der Waals surface area contributed by atoms with Crippen molar-refractivity contribution in [1.82, 2.24) is 15.0 Å². The molecule has 1 N–H and O–H groups in total. The van der Waals surface area contributed by atoms with Gasteiger partial charge in [-0.1, -0.05) is 29.8 Å². The highest BCUT2D eigenvalue weighted by molar-refractivity contribution is 7.91. The van der Waals surface area contributed by atoms with Gasteiger partial charge in [0.25, 0.3) is 0 Å². The molecular formula is C19H14Cl2N4O2S. The first-order valence-electron chi connectivity index (χ1n) is 7.97. The molecule has 0 aliphatic carbocycles. The van der Waals surface area contributed by atoms with Crippen molar-refractivity contribution < 1.29 is 8.42 Å². The first kappa shape index (κ1) is 20.0. The lowest BCUT2D eigenvalue weighted by molar-refractivity contribution is 0.596. The van der Waals surface area contributed by atoms with Crippen molar-refractivity contribution in [3.63, 3.8) is 0 Å². The molecule has 28 heavy (non-hydrogen) atoms. The number of fused-ring (bicyclic) bond motifs is 1. The van der Waals surface area contributed by atoms with Crippen molar-refractivity contribution >= 4 is 56.3 Å². The van der Waals surface area contributed by atoms with Gasteiger partial charge in [0.1, 0.15) is 17.3 Å². The van der Waals surface area contributed by atoms with E-state index in [9.17, 15) is 8.42 Å². The zero-order valence-electron chi connectivity index (χ0n) is 14.3. The molecule has 142 valence electrons. The number of hydrogen-bond acceptors (Lipinski definition) is 6. The zero-order valence-corrected chi connectivity index (χ0v) is 16.7. The van der Waals surface area contributed by atoms with Gasteiger partial charge in [-0.25, -0.2) is 23.4 Å². The second kappa shape index (κ2) is 8.10. The first-order chi connectivity index (χ1) is 13.0. The minimum Gasteiger partial charge on any atom is -0.340 e. The predicted octanol–water partition coefficient (Wildman–Crippen LogP) is 4.68. The van der Waals surface area contributed by atoms with E-state index in [1.807, 2.05) is 0 Å². The summed E-state index contributed by atoms with van der Waals surface area (Å²) in [6.07, 6.45) is 2.99. The van der Waals surface area contributed by atoms with Gasteiger partial charge in [-0.15, -0.1) is 12.4 Å². The largest absolute Gasteiger partial charge is 0.340 e. The lowest BCUT2D eigenvalue weighted by atomic mass is 10.2. The van der Waals surface area contributed by atoms with Gasteiger partial charge in [-0.3, -0.25) is 0 Å². The molecule has 0 atom stereocenters. The third-order valence-electron chi connectivity index (χ3n) is 3.97. The zero-order chi connectivity index (χ0) is 18.9. The van der Waals surface area contributed by atoms with Crippen LogP contribution in [0.2, 0.25) is 5.15 Å². The van der Waals surface area contributed by atoms with Crippen molar-refractivity contribution in [2.24, 2.45) is 0 Å². The molecule has 2 aromatic carbocycles. The maximum Gasteiger partial charge on any atom is 0.206 e. The van der Waals surface area contributed by atoms with Gasteiger partial charge >= 0.3 is 0 Å². The van der Waals surface area contributed by atoms with Crippen LogP contribution in [0, 0.1) is 0 Å². The number of rotatable bonds is 4. The van der Waals surface area contributed by atoms with Gasteiger partial charge in [-0.05, 0) is 42.5 Å². The summed E-state index contributed by atoms with van der Waals surface area (Å²) >= 11 is 5.96.